The van der Waals surface area contributed by atoms with E-state index < -0.39 is 0 Å². The van der Waals surface area contributed by atoms with E-state index >= 15 is 0 Å². The molecule has 1 unspecified atom stereocenters. The fourth-order valence-electron chi connectivity index (χ4n) is 3.51. The molecule has 5 nitrogen and oxygen atoms in total. The third-order valence-electron chi connectivity index (χ3n) is 4.87. The van der Waals surface area contributed by atoms with Gasteiger partial charge in [-0.25, -0.2) is 0 Å². The average Bonchev–Trinajstić information content (AvgIpc) is 2.97. The van der Waals surface area contributed by atoms with E-state index in [1.54, 1.807) is 4.90 Å². The Morgan fingerprint density at radius 1 is 0.966 bits per heavy atom. The molecule has 0 bridgehead atoms. The smallest absolute Gasteiger partial charge is 0.256 e. The van der Waals surface area contributed by atoms with Crippen LogP contribution in [0.25, 0.3) is 0 Å². The standard InChI is InChI=1S/C23H20ClN3O2/c1-15(28)25-17-10-12-18(13-11-17)26-22-19-7-3-4-8-20(19)23(29)27(22)14-16-6-2-5-9-21(16)24/h2-13,22,26H,14H2,1H3,(H,25,28). The van der Waals surface area contributed by atoms with Crippen molar-refractivity contribution < 1.29 is 9.59 Å². The van der Waals surface area contributed by atoms with Gasteiger partial charge in [-0.15, -0.1) is 0 Å². The van der Waals surface area contributed by atoms with Crippen LogP contribution in [-0.4, -0.2) is 16.7 Å². The first kappa shape index (κ1) is 19.0. The van der Waals surface area contributed by atoms with Gasteiger partial charge in [0.1, 0.15) is 6.17 Å². The Morgan fingerprint density at radius 3 is 2.34 bits per heavy atom. The maximum absolute atomic E-state index is 13.1. The van der Waals surface area contributed by atoms with Crippen molar-refractivity contribution in [1.29, 1.82) is 0 Å². The molecule has 4 rings (SSSR count). The van der Waals surface area contributed by atoms with Crippen LogP contribution >= 0.6 is 11.6 Å². The summed E-state index contributed by atoms with van der Waals surface area (Å²) in [6.45, 7) is 1.87. The predicted molar refractivity (Wildman–Crippen MR) is 115 cm³/mol. The molecule has 3 aromatic rings. The van der Waals surface area contributed by atoms with Gasteiger partial charge in [-0.2, -0.15) is 0 Å². The summed E-state index contributed by atoms with van der Waals surface area (Å²) < 4.78 is 0. The van der Waals surface area contributed by atoms with Crippen molar-refractivity contribution in [3.63, 3.8) is 0 Å². The summed E-state index contributed by atoms with van der Waals surface area (Å²) in [5, 5.41) is 6.83. The minimum atomic E-state index is -0.318. The van der Waals surface area contributed by atoms with Crippen molar-refractivity contribution >= 4 is 34.8 Å². The highest BCUT2D eigenvalue weighted by Crippen LogP contribution is 2.36. The van der Waals surface area contributed by atoms with Gasteiger partial charge in [-0.05, 0) is 42.0 Å². The van der Waals surface area contributed by atoms with Gasteiger partial charge in [0.05, 0.1) is 0 Å². The van der Waals surface area contributed by atoms with Gasteiger partial charge in [0.25, 0.3) is 5.91 Å². The second kappa shape index (κ2) is 7.97. The molecule has 1 aliphatic rings. The Hall–Kier alpha value is -3.31. The maximum atomic E-state index is 13.1. The van der Waals surface area contributed by atoms with E-state index in [1.807, 2.05) is 72.8 Å². The van der Waals surface area contributed by atoms with Gasteiger partial charge >= 0.3 is 0 Å². The number of fused-ring (bicyclic) bond motifs is 1. The van der Waals surface area contributed by atoms with Crippen LogP contribution in [0.4, 0.5) is 11.4 Å². The first-order chi connectivity index (χ1) is 14.0. The van der Waals surface area contributed by atoms with Gasteiger partial charge in [0.15, 0.2) is 0 Å². The van der Waals surface area contributed by atoms with Crippen molar-refractivity contribution in [1.82, 2.24) is 4.90 Å². The summed E-state index contributed by atoms with van der Waals surface area (Å²) in [5.41, 5.74) is 4.07. The molecule has 2 amide bonds. The molecule has 0 fully saturated rings. The summed E-state index contributed by atoms with van der Waals surface area (Å²) in [5.74, 6) is -0.153. The lowest BCUT2D eigenvalue weighted by Gasteiger charge is -2.27. The quantitative estimate of drug-likeness (QED) is 0.623. The molecule has 0 aliphatic carbocycles. The molecule has 3 aromatic carbocycles. The highest BCUT2D eigenvalue weighted by Gasteiger charge is 2.36. The third-order valence-corrected chi connectivity index (χ3v) is 5.23. The SMILES string of the molecule is CC(=O)Nc1ccc(NC2c3ccccc3C(=O)N2Cc2ccccc2Cl)cc1. The van der Waals surface area contributed by atoms with Crippen molar-refractivity contribution in [2.24, 2.45) is 0 Å². The zero-order valence-electron chi connectivity index (χ0n) is 15.9. The van der Waals surface area contributed by atoms with Crippen molar-refractivity contribution in [3.8, 4) is 0 Å². The summed E-state index contributed by atoms with van der Waals surface area (Å²) in [6, 6.07) is 22.6. The minimum Gasteiger partial charge on any atom is -0.361 e. The molecule has 0 saturated heterocycles. The summed E-state index contributed by atoms with van der Waals surface area (Å²) in [7, 11) is 0. The first-order valence-corrected chi connectivity index (χ1v) is 9.68. The van der Waals surface area contributed by atoms with E-state index in [1.165, 1.54) is 6.92 Å². The predicted octanol–water partition coefficient (Wildman–Crippen LogP) is 5.07. The lowest BCUT2D eigenvalue weighted by atomic mass is 10.1. The Labute approximate surface area is 174 Å². The molecule has 0 aromatic heterocycles. The third kappa shape index (κ3) is 3.96. The van der Waals surface area contributed by atoms with E-state index in [2.05, 4.69) is 10.6 Å². The van der Waals surface area contributed by atoms with Gasteiger partial charge < -0.3 is 15.5 Å². The van der Waals surface area contributed by atoms with E-state index in [0.29, 0.717) is 17.1 Å². The van der Waals surface area contributed by atoms with Crippen LogP contribution in [0, 0.1) is 0 Å². The number of rotatable bonds is 5. The number of hydrogen-bond donors (Lipinski definition) is 2. The van der Waals surface area contributed by atoms with E-state index in [9.17, 15) is 9.59 Å². The normalized spacial score (nSPS) is 15.2. The van der Waals surface area contributed by atoms with Crippen LogP contribution in [0.1, 0.15) is 34.6 Å². The number of nitrogens with one attached hydrogen (secondary N) is 2. The zero-order valence-corrected chi connectivity index (χ0v) is 16.6. The number of nitrogens with zero attached hydrogens (tertiary/aromatic N) is 1. The fraction of sp³-hybridized carbons (Fsp3) is 0.130. The summed E-state index contributed by atoms with van der Waals surface area (Å²) >= 11 is 6.34. The van der Waals surface area contributed by atoms with Gasteiger partial charge in [-0.3, -0.25) is 9.59 Å². The van der Waals surface area contributed by atoms with E-state index in [0.717, 1.165) is 22.5 Å². The molecular formula is C23H20ClN3O2. The second-order valence-electron chi connectivity index (χ2n) is 6.92. The van der Waals surface area contributed by atoms with Crippen LogP contribution in [0.3, 0.4) is 0 Å². The highest BCUT2D eigenvalue weighted by atomic mass is 35.5. The highest BCUT2D eigenvalue weighted by molar-refractivity contribution is 6.31. The van der Waals surface area contributed by atoms with Crippen LogP contribution in [-0.2, 0) is 11.3 Å². The van der Waals surface area contributed by atoms with Crippen LogP contribution in [0.5, 0.6) is 0 Å². The summed E-state index contributed by atoms with van der Waals surface area (Å²) in [4.78, 5) is 26.1. The van der Waals surface area contributed by atoms with Crippen molar-refractivity contribution in [2.45, 2.75) is 19.6 Å². The van der Waals surface area contributed by atoms with E-state index in [-0.39, 0.29) is 18.0 Å². The molecule has 0 radical (unpaired) electrons. The number of hydrogen-bond acceptors (Lipinski definition) is 3. The van der Waals surface area contributed by atoms with Crippen LogP contribution in [0.15, 0.2) is 72.8 Å². The minimum absolute atomic E-state index is 0.0344. The Morgan fingerprint density at radius 2 is 1.62 bits per heavy atom. The number of anilines is 2. The van der Waals surface area contributed by atoms with Crippen molar-refractivity contribution in [2.75, 3.05) is 10.6 Å². The molecule has 146 valence electrons. The number of carbonyl (C=O) groups is 2. The Bertz CT molecular complexity index is 1070. The Kier molecular flexibility index (Phi) is 5.23. The van der Waals surface area contributed by atoms with Gasteiger partial charge in [0.2, 0.25) is 5.91 Å². The molecule has 1 heterocycles. The number of halogens is 1. The topological polar surface area (TPSA) is 61.4 Å². The second-order valence-corrected chi connectivity index (χ2v) is 7.32. The van der Waals surface area contributed by atoms with E-state index in [4.69, 9.17) is 11.6 Å². The Balaban J connectivity index is 1.63. The number of benzene rings is 3. The maximum Gasteiger partial charge on any atom is 0.256 e. The zero-order chi connectivity index (χ0) is 20.4. The summed E-state index contributed by atoms with van der Waals surface area (Å²) in [6.07, 6.45) is -0.318. The fourth-order valence-corrected chi connectivity index (χ4v) is 3.71. The average molecular weight is 406 g/mol. The lowest BCUT2D eigenvalue weighted by molar-refractivity contribution is -0.114. The molecule has 1 aliphatic heterocycles. The molecule has 0 saturated carbocycles. The molecule has 1 atom stereocenters. The number of amides is 2. The first-order valence-electron chi connectivity index (χ1n) is 9.30. The monoisotopic (exact) mass is 405 g/mol. The molecular weight excluding hydrogens is 386 g/mol. The van der Waals surface area contributed by atoms with Crippen molar-refractivity contribution in [3.05, 3.63) is 94.5 Å². The lowest BCUT2D eigenvalue weighted by Crippen LogP contribution is -2.32. The van der Waals surface area contributed by atoms with Gasteiger partial charge in [-0.1, -0.05) is 48.0 Å². The molecule has 0 spiro atoms. The van der Waals surface area contributed by atoms with Crippen LogP contribution < -0.4 is 10.6 Å². The molecule has 29 heavy (non-hydrogen) atoms. The van der Waals surface area contributed by atoms with Crippen LogP contribution in [0.2, 0.25) is 5.02 Å². The largest absolute Gasteiger partial charge is 0.361 e. The number of carbonyl (C=O) groups excluding carboxylic acids is 2. The van der Waals surface area contributed by atoms with Gasteiger partial charge in [0, 0.05) is 41.0 Å². The molecule has 2 N–H and O–H groups in total. The molecule has 6 heteroatoms.